The molecule has 0 saturated carbocycles. The van der Waals surface area contributed by atoms with Crippen LogP contribution in [-0.4, -0.2) is 37.7 Å². The average Bonchev–Trinajstić information content (AvgIpc) is 3.35. The van der Waals surface area contributed by atoms with Gasteiger partial charge in [-0.1, -0.05) is 49.4 Å². The van der Waals surface area contributed by atoms with Gasteiger partial charge in [0.15, 0.2) is 5.82 Å². The molecule has 2 aromatic heterocycles. The molecule has 0 spiro atoms. The van der Waals surface area contributed by atoms with Gasteiger partial charge in [0.25, 0.3) is 0 Å². The fourth-order valence-corrected chi connectivity index (χ4v) is 4.72. The van der Waals surface area contributed by atoms with E-state index in [1.807, 2.05) is 6.92 Å². The molecule has 0 aliphatic carbocycles. The van der Waals surface area contributed by atoms with Gasteiger partial charge < -0.3 is 5.11 Å². The molecule has 25 heavy (non-hydrogen) atoms. The minimum absolute atomic E-state index is 0.0759. The maximum atomic E-state index is 10.8. The predicted octanol–water partition coefficient (Wildman–Crippen LogP) is 3.81. The molecule has 1 N–H and O–H groups in total. The zero-order chi connectivity index (χ0) is 17.4. The van der Waals surface area contributed by atoms with Gasteiger partial charge >= 0.3 is 0 Å². The lowest BCUT2D eigenvalue weighted by Crippen LogP contribution is -2.26. The number of aryl methyl sites for hydroxylation is 2. The van der Waals surface area contributed by atoms with Gasteiger partial charge in [-0.05, 0) is 43.5 Å². The van der Waals surface area contributed by atoms with E-state index in [9.17, 15) is 5.11 Å². The molecule has 1 aliphatic rings. The highest BCUT2D eigenvalue weighted by molar-refractivity contribution is 7.17. The number of aromatic hydroxyl groups is 1. The first-order chi connectivity index (χ1) is 12.2. The molecule has 1 atom stereocenters. The molecular weight excluding hydrogens is 332 g/mol. The molecule has 1 unspecified atom stereocenters. The lowest BCUT2D eigenvalue weighted by molar-refractivity contribution is 0.277. The van der Waals surface area contributed by atoms with E-state index in [0.29, 0.717) is 0 Å². The normalized spacial score (nSPS) is 16.7. The molecule has 0 radical (unpaired) electrons. The second-order valence-electron chi connectivity index (χ2n) is 6.61. The van der Waals surface area contributed by atoms with Gasteiger partial charge in [0, 0.05) is 6.42 Å². The van der Waals surface area contributed by atoms with E-state index in [1.54, 1.807) is 15.9 Å². The summed E-state index contributed by atoms with van der Waals surface area (Å²) < 4.78 is 1.60. The zero-order valence-corrected chi connectivity index (χ0v) is 15.6. The Hall–Kier alpha value is -1.92. The number of hydrogen-bond acceptors (Lipinski definition) is 5. The molecule has 1 saturated heterocycles. The van der Waals surface area contributed by atoms with Gasteiger partial charge in [0.05, 0.1) is 10.9 Å². The number of nitrogens with zero attached hydrogens (tertiary/aromatic N) is 4. The van der Waals surface area contributed by atoms with Gasteiger partial charge in [-0.15, -0.1) is 5.10 Å². The number of benzene rings is 1. The highest BCUT2D eigenvalue weighted by Crippen LogP contribution is 2.41. The van der Waals surface area contributed by atoms with E-state index in [2.05, 4.69) is 46.2 Å². The van der Waals surface area contributed by atoms with E-state index in [0.717, 1.165) is 41.6 Å². The highest BCUT2D eigenvalue weighted by atomic mass is 32.1. The van der Waals surface area contributed by atoms with Crippen LogP contribution in [0.25, 0.3) is 4.96 Å². The predicted molar refractivity (Wildman–Crippen MR) is 100 cm³/mol. The number of thiazole rings is 1. The summed E-state index contributed by atoms with van der Waals surface area (Å²) in [6.45, 7) is 6.32. The fourth-order valence-electron chi connectivity index (χ4n) is 3.58. The quantitative estimate of drug-likeness (QED) is 0.755. The lowest BCUT2D eigenvalue weighted by atomic mass is 10.0. The Bertz CT molecular complexity index is 862. The molecule has 5 nitrogen and oxygen atoms in total. The van der Waals surface area contributed by atoms with Crippen molar-refractivity contribution in [1.29, 1.82) is 0 Å². The Labute approximate surface area is 151 Å². The second kappa shape index (κ2) is 6.77. The molecule has 1 aromatic carbocycles. The average molecular weight is 356 g/mol. The summed E-state index contributed by atoms with van der Waals surface area (Å²) >= 11 is 1.56. The molecule has 6 heteroatoms. The van der Waals surface area contributed by atoms with Crippen molar-refractivity contribution in [3.8, 4) is 5.88 Å². The summed E-state index contributed by atoms with van der Waals surface area (Å²) in [7, 11) is 0. The Kier molecular flexibility index (Phi) is 4.48. The first-order valence-electron chi connectivity index (χ1n) is 9.11. The Morgan fingerprint density at radius 1 is 1.12 bits per heavy atom. The van der Waals surface area contributed by atoms with Gasteiger partial charge in [-0.2, -0.15) is 4.52 Å². The molecule has 1 fully saturated rings. The molecule has 1 aliphatic heterocycles. The Balaban J connectivity index is 1.79. The standard InChI is InChI=1S/C19H24N4OS/c1-3-13-7-9-14(10-8-13)16(22-11-5-6-12-22)17-18(24)23-19(25-17)20-15(4-2)21-23/h7-10,16,24H,3-6,11-12H2,1-2H3. The maximum Gasteiger partial charge on any atom is 0.230 e. The van der Waals surface area contributed by atoms with Crippen molar-refractivity contribution in [3.63, 3.8) is 0 Å². The number of aromatic nitrogens is 3. The largest absolute Gasteiger partial charge is 0.492 e. The van der Waals surface area contributed by atoms with E-state index in [4.69, 9.17) is 0 Å². The first kappa shape index (κ1) is 16.5. The summed E-state index contributed by atoms with van der Waals surface area (Å²) in [6.07, 6.45) is 4.24. The molecule has 0 amide bonds. The summed E-state index contributed by atoms with van der Waals surface area (Å²) in [4.78, 5) is 8.72. The summed E-state index contributed by atoms with van der Waals surface area (Å²) in [6, 6.07) is 8.87. The smallest absolute Gasteiger partial charge is 0.230 e. The van der Waals surface area contributed by atoms with Gasteiger partial charge in [0.1, 0.15) is 0 Å². The number of hydrogen-bond donors (Lipinski definition) is 1. The van der Waals surface area contributed by atoms with Crippen LogP contribution in [0.2, 0.25) is 0 Å². The van der Waals surface area contributed by atoms with Crippen molar-refractivity contribution < 1.29 is 5.11 Å². The van der Waals surface area contributed by atoms with E-state index >= 15 is 0 Å². The summed E-state index contributed by atoms with van der Waals surface area (Å²) in [5.74, 6) is 1.02. The van der Waals surface area contributed by atoms with E-state index in [-0.39, 0.29) is 11.9 Å². The zero-order valence-electron chi connectivity index (χ0n) is 14.8. The maximum absolute atomic E-state index is 10.8. The SMILES string of the molecule is CCc1ccc(C(c2sc3nc(CC)nn3c2O)N2CCCC2)cc1. The second-order valence-corrected chi connectivity index (χ2v) is 7.62. The third-order valence-corrected chi connectivity index (χ3v) is 6.09. The van der Waals surface area contributed by atoms with Gasteiger partial charge in [-0.25, -0.2) is 4.98 Å². The molecule has 0 bridgehead atoms. The fraction of sp³-hybridized carbons (Fsp3) is 0.474. The van der Waals surface area contributed by atoms with Crippen LogP contribution < -0.4 is 0 Å². The summed E-state index contributed by atoms with van der Waals surface area (Å²) in [5, 5.41) is 15.3. The van der Waals surface area contributed by atoms with Crippen LogP contribution in [0.4, 0.5) is 0 Å². The van der Waals surface area contributed by atoms with Gasteiger partial charge in [-0.3, -0.25) is 4.90 Å². The topological polar surface area (TPSA) is 53.7 Å². The molecule has 3 heterocycles. The van der Waals surface area contributed by atoms with E-state index < -0.39 is 0 Å². The van der Waals surface area contributed by atoms with Crippen LogP contribution in [0, 0.1) is 0 Å². The van der Waals surface area contributed by atoms with E-state index in [1.165, 1.54) is 24.0 Å². The number of rotatable bonds is 5. The monoisotopic (exact) mass is 356 g/mol. The third kappa shape index (κ3) is 2.93. The molecular formula is C19H24N4OS. The van der Waals surface area contributed by atoms with Crippen LogP contribution in [-0.2, 0) is 12.8 Å². The van der Waals surface area contributed by atoms with Gasteiger partial charge in [0.2, 0.25) is 10.8 Å². The van der Waals surface area contributed by atoms with Crippen LogP contribution in [0.5, 0.6) is 5.88 Å². The summed E-state index contributed by atoms with van der Waals surface area (Å²) in [5.41, 5.74) is 2.57. The minimum Gasteiger partial charge on any atom is -0.492 e. The highest BCUT2D eigenvalue weighted by Gasteiger charge is 2.31. The van der Waals surface area contributed by atoms with Crippen molar-refractivity contribution in [1.82, 2.24) is 19.5 Å². The molecule has 4 rings (SSSR count). The Morgan fingerprint density at radius 3 is 2.44 bits per heavy atom. The third-order valence-electron chi connectivity index (χ3n) is 5.02. The van der Waals surface area contributed by atoms with Crippen LogP contribution in [0.1, 0.15) is 54.6 Å². The van der Waals surface area contributed by atoms with Crippen LogP contribution >= 0.6 is 11.3 Å². The molecule has 3 aromatic rings. The Morgan fingerprint density at radius 2 is 1.84 bits per heavy atom. The molecule has 132 valence electrons. The number of likely N-dealkylation sites (tertiary alicyclic amines) is 1. The van der Waals surface area contributed by atoms with Crippen molar-refractivity contribution in [2.75, 3.05) is 13.1 Å². The van der Waals surface area contributed by atoms with Crippen molar-refractivity contribution in [2.45, 2.75) is 45.6 Å². The minimum atomic E-state index is 0.0759. The van der Waals surface area contributed by atoms with Crippen molar-refractivity contribution in [3.05, 3.63) is 46.1 Å². The number of fused-ring (bicyclic) bond motifs is 1. The van der Waals surface area contributed by atoms with Crippen LogP contribution in [0.3, 0.4) is 0 Å². The van der Waals surface area contributed by atoms with Crippen LogP contribution in [0.15, 0.2) is 24.3 Å². The first-order valence-corrected chi connectivity index (χ1v) is 9.93. The lowest BCUT2D eigenvalue weighted by Gasteiger charge is -2.27. The van der Waals surface area contributed by atoms with Crippen molar-refractivity contribution in [2.24, 2.45) is 0 Å². The van der Waals surface area contributed by atoms with Crippen molar-refractivity contribution >= 4 is 16.3 Å².